The van der Waals surface area contributed by atoms with Gasteiger partial charge in [0.2, 0.25) is 5.91 Å². The fraction of sp³-hybridized carbons (Fsp3) is 0.750. The summed E-state index contributed by atoms with van der Waals surface area (Å²) in [4.78, 5) is 35.1. The lowest BCUT2D eigenvalue weighted by Crippen LogP contribution is -2.51. The van der Waals surface area contributed by atoms with E-state index >= 15 is 0 Å². The number of aliphatic carboxylic acids is 2. The zero-order valence-electron chi connectivity index (χ0n) is 10.7. The van der Waals surface area contributed by atoms with Gasteiger partial charge in [0.1, 0.15) is 6.04 Å². The Hall–Kier alpha value is -1.63. The third-order valence-electron chi connectivity index (χ3n) is 3.31. The number of hydrogen-bond donors (Lipinski definition) is 3. The van der Waals surface area contributed by atoms with Crippen LogP contribution in [-0.2, 0) is 14.4 Å². The van der Waals surface area contributed by atoms with E-state index in [1.807, 2.05) is 0 Å². The number of amides is 1. The molecule has 0 radical (unpaired) electrons. The lowest BCUT2D eigenvalue weighted by Gasteiger charge is -2.29. The molecule has 7 nitrogen and oxygen atoms in total. The highest BCUT2D eigenvalue weighted by molar-refractivity contribution is 5.87. The van der Waals surface area contributed by atoms with E-state index in [4.69, 9.17) is 15.9 Å². The number of carboxylic acids is 2. The minimum atomic E-state index is -1.03. The molecule has 1 saturated heterocycles. The Morgan fingerprint density at radius 2 is 1.89 bits per heavy atom. The topological polar surface area (TPSA) is 121 Å². The lowest BCUT2D eigenvalue weighted by molar-refractivity contribution is -0.151. The van der Waals surface area contributed by atoms with Crippen molar-refractivity contribution in [3.8, 4) is 0 Å². The van der Waals surface area contributed by atoms with Gasteiger partial charge in [-0.15, -0.1) is 0 Å². The summed E-state index contributed by atoms with van der Waals surface area (Å²) in [6.45, 7) is 0.372. The molecule has 1 aliphatic rings. The molecule has 108 valence electrons. The molecular weight excluding hydrogens is 252 g/mol. The van der Waals surface area contributed by atoms with Gasteiger partial charge in [0.15, 0.2) is 0 Å². The molecule has 2 unspecified atom stereocenters. The van der Waals surface area contributed by atoms with Crippen LogP contribution < -0.4 is 5.73 Å². The first-order valence-corrected chi connectivity index (χ1v) is 6.44. The maximum absolute atomic E-state index is 12.1. The highest BCUT2D eigenvalue weighted by Crippen LogP contribution is 2.18. The summed E-state index contributed by atoms with van der Waals surface area (Å²) in [7, 11) is 0. The van der Waals surface area contributed by atoms with Crippen LogP contribution in [0, 0.1) is 0 Å². The summed E-state index contributed by atoms with van der Waals surface area (Å²) in [5.41, 5.74) is 5.66. The Balaban J connectivity index is 2.69. The van der Waals surface area contributed by atoms with E-state index in [1.165, 1.54) is 4.90 Å². The molecule has 0 aromatic rings. The van der Waals surface area contributed by atoms with Gasteiger partial charge in [0.05, 0.1) is 6.04 Å². The second kappa shape index (κ2) is 7.08. The number of carboxylic acid groups (broad SMARTS) is 2. The van der Waals surface area contributed by atoms with Crippen LogP contribution in [0.4, 0.5) is 0 Å². The molecule has 0 aromatic heterocycles. The molecule has 1 rings (SSSR count). The number of carbonyl (C=O) groups is 3. The molecule has 4 N–H and O–H groups in total. The predicted octanol–water partition coefficient (Wildman–Crippen LogP) is 0.0343. The smallest absolute Gasteiger partial charge is 0.326 e. The summed E-state index contributed by atoms with van der Waals surface area (Å²) >= 11 is 0. The van der Waals surface area contributed by atoms with Crippen molar-refractivity contribution < 1.29 is 24.6 Å². The van der Waals surface area contributed by atoms with Crippen LogP contribution in [0.1, 0.15) is 38.5 Å². The van der Waals surface area contributed by atoms with Gasteiger partial charge >= 0.3 is 11.9 Å². The maximum Gasteiger partial charge on any atom is 0.326 e. The first kappa shape index (κ1) is 15.4. The number of nitrogens with zero attached hydrogens (tertiary/aromatic N) is 1. The first-order valence-electron chi connectivity index (χ1n) is 6.44. The quantitative estimate of drug-likeness (QED) is 0.649. The van der Waals surface area contributed by atoms with Crippen molar-refractivity contribution in [2.24, 2.45) is 5.73 Å². The SMILES string of the molecule is NC(CCC(=O)O)C(=O)N1CCCCCC1C(=O)O. The lowest BCUT2D eigenvalue weighted by atomic mass is 10.1. The maximum atomic E-state index is 12.1. The molecule has 0 aliphatic carbocycles. The Morgan fingerprint density at radius 1 is 1.21 bits per heavy atom. The van der Waals surface area contributed by atoms with Gasteiger partial charge in [-0.05, 0) is 19.3 Å². The zero-order valence-corrected chi connectivity index (χ0v) is 10.7. The molecule has 19 heavy (non-hydrogen) atoms. The molecule has 0 saturated carbocycles. The number of nitrogens with two attached hydrogens (primary N) is 1. The second-order valence-electron chi connectivity index (χ2n) is 4.77. The van der Waals surface area contributed by atoms with Crippen molar-refractivity contribution in [3.63, 3.8) is 0 Å². The van der Waals surface area contributed by atoms with Gasteiger partial charge in [-0.3, -0.25) is 9.59 Å². The van der Waals surface area contributed by atoms with Crippen molar-refractivity contribution in [1.82, 2.24) is 4.90 Å². The van der Waals surface area contributed by atoms with Gasteiger partial charge in [0.25, 0.3) is 0 Å². The van der Waals surface area contributed by atoms with Crippen LogP contribution in [0.15, 0.2) is 0 Å². The third-order valence-corrected chi connectivity index (χ3v) is 3.31. The van der Waals surface area contributed by atoms with E-state index in [2.05, 4.69) is 0 Å². The summed E-state index contributed by atoms with van der Waals surface area (Å²) in [6, 6.07) is -1.79. The molecule has 0 spiro atoms. The van der Waals surface area contributed by atoms with Crippen LogP contribution in [0.25, 0.3) is 0 Å². The fourth-order valence-corrected chi connectivity index (χ4v) is 2.24. The van der Waals surface area contributed by atoms with Crippen molar-refractivity contribution in [2.75, 3.05) is 6.54 Å². The van der Waals surface area contributed by atoms with E-state index in [-0.39, 0.29) is 12.8 Å². The normalized spacial score (nSPS) is 21.5. The van der Waals surface area contributed by atoms with E-state index in [1.54, 1.807) is 0 Å². The molecule has 0 aromatic carbocycles. The largest absolute Gasteiger partial charge is 0.481 e. The fourth-order valence-electron chi connectivity index (χ4n) is 2.24. The zero-order chi connectivity index (χ0) is 14.4. The van der Waals surface area contributed by atoms with Crippen LogP contribution in [-0.4, -0.2) is 51.6 Å². The van der Waals surface area contributed by atoms with Crippen molar-refractivity contribution in [2.45, 2.75) is 50.6 Å². The Morgan fingerprint density at radius 3 is 2.47 bits per heavy atom. The van der Waals surface area contributed by atoms with Gasteiger partial charge in [-0.2, -0.15) is 0 Å². The van der Waals surface area contributed by atoms with Crippen LogP contribution in [0.2, 0.25) is 0 Å². The molecule has 1 fully saturated rings. The van der Waals surface area contributed by atoms with Crippen LogP contribution in [0.5, 0.6) is 0 Å². The van der Waals surface area contributed by atoms with E-state index in [0.29, 0.717) is 13.0 Å². The van der Waals surface area contributed by atoms with Gasteiger partial charge < -0.3 is 20.8 Å². The van der Waals surface area contributed by atoms with Crippen LogP contribution >= 0.6 is 0 Å². The average molecular weight is 272 g/mol. The molecule has 7 heteroatoms. The third kappa shape index (κ3) is 4.51. The highest BCUT2D eigenvalue weighted by atomic mass is 16.4. The number of likely N-dealkylation sites (tertiary alicyclic amines) is 1. The van der Waals surface area contributed by atoms with E-state index in [0.717, 1.165) is 19.3 Å². The number of carbonyl (C=O) groups excluding carboxylic acids is 1. The van der Waals surface area contributed by atoms with Crippen molar-refractivity contribution in [1.29, 1.82) is 0 Å². The van der Waals surface area contributed by atoms with E-state index < -0.39 is 29.9 Å². The number of rotatable bonds is 5. The standard InChI is InChI=1S/C12H20N2O5/c13-8(5-6-10(15)16)11(17)14-7-3-1-2-4-9(14)12(18)19/h8-9H,1-7,13H2,(H,15,16)(H,18,19). The molecule has 1 aliphatic heterocycles. The first-order chi connectivity index (χ1) is 8.93. The summed E-state index contributed by atoms with van der Waals surface area (Å²) in [6.07, 6.45) is 2.66. The number of hydrogen-bond acceptors (Lipinski definition) is 4. The minimum absolute atomic E-state index is 0.0248. The molecule has 1 heterocycles. The van der Waals surface area contributed by atoms with Crippen LogP contribution in [0.3, 0.4) is 0 Å². The average Bonchev–Trinajstić information content (AvgIpc) is 2.60. The monoisotopic (exact) mass is 272 g/mol. The highest BCUT2D eigenvalue weighted by Gasteiger charge is 2.33. The predicted molar refractivity (Wildman–Crippen MR) is 66.5 cm³/mol. The van der Waals surface area contributed by atoms with Crippen molar-refractivity contribution in [3.05, 3.63) is 0 Å². The summed E-state index contributed by atoms with van der Waals surface area (Å²) < 4.78 is 0. The second-order valence-corrected chi connectivity index (χ2v) is 4.77. The Labute approximate surface area is 111 Å². The molecular formula is C12H20N2O5. The van der Waals surface area contributed by atoms with Gasteiger partial charge in [0, 0.05) is 13.0 Å². The Kier molecular flexibility index (Phi) is 5.75. The summed E-state index contributed by atoms with van der Waals surface area (Å²) in [5.74, 6) is -2.51. The molecule has 0 bridgehead atoms. The van der Waals surface area contributed by atoms with Gasteiger partial charge in [-0.1, -0.05) is 12.8 Å². The Bertz CT molecular complexity index is 358. The van der Waals surface area contributed by atoms with E-state index in [9.17, 15) is 14.4 Å². The van der Waals surface area contributed by atoms with Gasteiger partial charge in [-0.25, -0.2) is 4.79 Å². The summed E-state index contributed by atoms with van der Waals surface area (Å²) in [5, 5.41) is 17.7. The molecule has 1 amide bonds. The molecule has 2 atom stereocenters. The minimum Gasteiger partial charge on any atom is -0.481 e. The van der Waals surface area contributed by atoms with Crippen molar-refractivity contribution >= 4 is 17.8 Å².